The third-order valence-corrected chi connectivity index (χ3v) is 3.73. The summed E-state index contributed by atoms with van der Waals surface area (Å²) in [6.45, 7) is 2.10. The lowest BCUT2D eigenvalue weighted by atomic mass is 9.96. The average Bonchev–Trinajstić information content (AvgIpc) is 2.47. The number of carbonyl (C=O) groups is 1. The van der Waals surface area contributed by atoms with Crippen molar-refractivity contribution in [2.24, 2.45) is 5.92 Å². The zero-order valence-electron chi connectivity index (χ0n) is 12.3. The van der Waals surface area contributed by atoms with Crippen molar-refractivity contribution in [2.45, 2.75) is 12.8 Å². The van der Waals surface area contributed by atoms with E-state index in [-0.39, 0.29) is 23.9 Å². The highest BCUT2D eigenvalue weighted by molar-refractivity contribution is 5.95. The van der Waals surface area contributed by atoms with Crippen LogP contribution in [0.4, 0.5) is 10.1 Å². The predicted molar refractivity (Wildman–Crippen MR) is 82.9 cm³/mol. The fraction of sp³-hybridized carbons (Fsp3) is 0.500. The molecule has 0 atom stereocenters. The number of non-ortho nitro benzene ring substituents is 1. The van der Waals surface area contributed by atoms with E-state index in [1.54, 1.807) is 4.90 Å². The van der Waals surface area contributed by atoms with Crippen LogP contribution in [0, 0.1) is 21.8 Å². The minimum absolute atomic E-state index is 0. The molecule has 8 heteroatoms. The third-order valence-electron chi connectivity index (χ3n) is 3.73. The minimum Gasteiger partial charge on any atom is -0.339 e. The number of amides is 1. The number of carbonyl (C=O) groups excluding carboxylic acids is 1. The molecule has 1 aliphatic heterocycles. The van der Waals surface area contributed by atoms with Gasteiger partial charge >= 0.3 is 0 Å². The lowest BCUT2D eigenvalue weighted by Gasteiger charge is -2.32. The highest BCUT2D eigenvalue weighted by Crippen LogP contribution is 2.21. The topological polar surface area (TPSA) is 75.5 Å². The first-order valence-corrected chi connectivity index (χ1v) is 6.90. The second-order valence-electron chi connectivity index (χ2n) is 5.25. The highest BCUT2D eigenvalue weighted by Gasteiger charge is 2.24. The van der Waals surface area contributed by atoms with Gasteiger partial charge in [-0.1, -0.05) is 0 Å². The monoisotopic (exact) mass is 331 g/mol. The Balaban J connectivity index is 0.00000242. The van der Waals surface area contributed by atoms with Gasteiger partial charge in [-0.3, -0.25) is 14.9 Å². The Morgan fingerprint density at radius 2 is 2.05 bits per heavy atom. The molecule has 2 rings (SSSR count). The number of nitro benzene ring substituents is 1. The molecule has 1 aromatic carbocycles. The van der Waals surface area contributed by atoms with Crippen molar-refractivity contribution in [2.75, 3.05) is 26.7 Å². The van der Waals surface area contributed by atoms with Crippen molar-refractivity contribution in [3.05, 3.63) is 39.7 Å². The molecule has 1 N–H and O–H groups in total. The third kappa shape index (κ3) is 4.38. The van der Waals surface area contributed by atoms with Gasteiger partial charge in [-0.2, -0.15) is 0 Å². The van der Waals surface area contributed by atoms with Gasteiger partial charge in [-0.05, 0) is 38.4 Å². The van der Waals surface area contributed by atoms with Crippen LogP contribution >= 0.6 is 12.4 Å². The van der Waals surface area contributed by atoms with E-state index in [1.165, 1.54) is 0 Å². The van der Waals surface area contributed by atoms with E-state index in [0.29, 0.717) is 19.0 Å². The standard InChI is InChI=1S/C14H18FN3O3.ClH/c1-16-9-10-2-4-17(5-3-10)14(19)11-6-12(15)8-13(7-11)18(20)21;/h6-8,10,16H,2-5,9H2,1H3;1H. The Hall–Kier alpha value is -1.73. The predicted octanol–water partition coefficient (Wildman–Crippen LogP) is 2.23. The van der Waals surface area contributed by atoms with Crippen LogP contribution in [0.2, 0.25) is 0 Å². The van der Waals surface area contributed by atoms with Gasteiger partial charge in [-0.25, -0.2) is 4.39 Å². The summed E-state index contributed by atoms with van der Waals surface area (Å²) in [6.07, 6.45) is 1.76. The van der Waals surface area contributed by atoms with E-state index < -0.39 is 16.4 Å². The summed E-state index contributed by atoms with van der Waals surface area (Å²) in [5.74, 6) is -0.584. The van der Waals surface area contributed by atoms with Crippen molar-refractivity contribution >= 4 is 24.0 Å². The number of hydrogen-bond acceptors (Lipinski definition) is 4. The van der Waals surface area contributed by atoms with Crippen molar-refractivity contribution in [3.8, 4) is 0 Å². The molecule has 122 valence electrons. The zero-order chi connectivity index (χ0) is 15.4. The molecule has 1 fully saturated rings. The van der Waals surface area contributed by atoms with Gasteiger partial charge in [-0.15, -0.1) is 12.4 Å². The van der Waals surface area contributed by atoms with Crippen LogP contribution in [0.1, 0.15) is 23.2 Å². The zero-order valence-corrected chi connectivity index (χ0v) is 13.1. The van der Waals surface area contributed by atoms with Crippen LogP contribution in [0.15, 0.2) is 18.2 Å². The molecule has 0 unspecified atom stereocenters. The fourth-order valence-electron chi connectivity index (χ4n) is 2.61. The molecule has 1 aliphatic rings. The van der Waals surface area contributed by atoms with Crippen molar-refractivity contribution in [3.63, 3.8) is 0 Å². The Morgan fingerprint density at radius 3 is 2.59 bits per heavy atom. The van der Waals surface area contributed by atoms with E-state index in [1.807, 2.05) is 7.05 Å². The van der Waals surface area contributed by atoms with Crippen LogP contribution in [0.3, 0.4) is 0 Å². The van der Waals surface area contributed by atoms with Crippen LogP contribution in [0.25, 0.3) is 0 Å². The average molecular weight is 332 g/mol. The Morgan fingerprint density at radius 1 is 1.41 bits per heavy atom. The van der Waals surface area contributed by atoms with Crippen molar-refractivity contribution < 1.29 is 14.1 Å². The lowest BCUT2D eigenvalue weighted by molar-refractivity contribution is -0.385. The van der Waals surface area contributed by atoms with Gasteiger partial charge in [0.1, 0.15) is 5.82 Å². The molecule has 1 aromatic rings. The minimum atomic E-state index is -0.766. The number of nitrogens with zero attached hydrogens (tertiary/aromatic N) is 2. The van der Waals surface area contributed by atoms with Crippen LogP contribution in [0.5, 0.6) is 0 Å². The summed E-state index contributed by atoms with van der Waals surface area (Å²) in [5, 5.41) is 13.8. The Bertz CT molecular complexity index is 548. The molecule has 6 nitrogen and oxygen atoms in total. The molecule has 1 saturated heterocycles. The van der Waals surface area contributed by atoms with Gasteiger partial charge in [0, 0.05) is 24.7 Å². The van der Waals surface area contributed by atoms with Gasteiger partial charge < -0.3 is 10.2 Å². The van der Waals surface area contributed by atoms with Crippen LogP contribution in [-0.2, 0) is 0 Å². The van der Waals surface area contributed by atoms with E-state index in [2.05, 4.69) is 5.32 Å². The SMILES string of the molecule is CNCC1CCN(C(=O)c2cc(F)cc([N+](=O)[O-])c2)CC1.Cl. The molecule has 22 heavy (non-hydrogen) atoms. The first-order chi connectivity index (χ1) is 10.0. The quantitative estimate of drug-likeness (QED) is 0.678. The van der Waals surface area contributed by atoms with Gasteiger partial charge in [0.05, 0.1) is 11.0 Å². The van der Waals surface area contributed by atoms with E-state index in [4.69, 9.17) is 0 Å². The van der Waals surface area contributed by atoms with Gasteiger partial charge in [0.15, 0.2) is 0 Å². The van der Waals surface area contributed by atoms with E-state index in [0.717, 1.165) is 37.6 Å². The molecule has 0 radical (unpaired) electrons. The Labute approximate surface area is 134 Å². The van der Waals surface area contributed by atoms with Crippen LogP contribution < -0.4 is 5.32 Å². The maximum absolute atomic E-state index is 13.4. The van der Waals surface area contributed by atoms with Gasteiger partial charge in [0.2, 0.25) is 0 Å². The molecular weight excluding hydrogens is 313 g/mol. The molecule has 1 amide bonds. The summed E-state index contributed by atoms with van der Waals surface area (Å²) >= 11 is 0. The summed E-state index contributed by atoms with van der Waals surface area (Å²) in [7, 11) is 1.89. The number of rotatable bonds is 4. The molecule has 0 spiro atoms. The summed E-state index contributed by atoms with van der Waals surface area (Å²) < 4.78 is 13.4. The second kappa shape index (κ2) is 8.05. The fourth-order valence-corrected chi connectivity index (χ4v) is 2.61. The maximum atomic E-state index is 13.4. The Kier molecular flexibility index (Phi) is 6.70. The number of halogens is 2. The summed E-state index contributed by atoms with van der Waals surface area (Å²) in [6, 6.07) is 3.00. The first kappa shape index (κ1) is 18.3. The van der Waals surface area contributed by atoms with E-state index >= 15 is 0 Å². The number of piperidine rings is 1. The molecule has 0 aliphatic carbocycles. The van der Waals surface area contributed by atoms with Crippen molar-refractivity contribution in [1.82, 2.24) is 10.2 Å². The summed E-state index contributed by atoms with van der Waals surface area (Å²) in [4.78, 5) is 24.0. The number of nitrogens with one attached hydrogen (secondary N) is 1. The lowest BCUT2D eigenvalue weighted by Crippen LogP contribution is -2.40. The smallest absolute Gasteiger partial charge is 0.273 e. The number of nitro groups is 1. The highest BCUT2D eigenvalue weighted by atomic mass is 35.5. The summed E-state index contributed by atoms with van der Waals surface area (Å²) in [5.41, 5.74) is -0.364. The van der Waals surface area contributed by atoms with Crippen molar-refractivity contribution in [1.29, 1.82) is 0 Å². The van der Waals surface area contributed by atoms with Crippen LogP contribution in [-0.4, -0.2) is 42.4 Å². The molecule has 0 bridgehead atoms. The number of hydrogen-bond donors (Lipinski definition) is 1. The molecule has 0 saturated carbocycles. The number of likely N-dealkylation sites (tertiary alicyclic amines) is 1. The first-order valence-electron chi connectivity index (χ1n) is 6.90. The number of benzene rings is 1. The maximum Gasteiger partial charge on any atom is 0.273 e. The normalized spacial score (nSPS) is 15.3. The largest absolute Gasteiger partial charge is 0.339 e. The molecule has 0 aromatic heterocycles. The second-order valence-corrected chi connectivity index (χ2v) is 5.25. The molecule has 1 heterocycles. The molecular formula is C14H19ClFN3O3. The van der Waals surface area contributed by atoms with Gasteiger partial charge in [0.25, 0.3) is 11.6 Å². The van der Waals surface area contributed by atoms with E-state index in [9.17, 15) is 19.3 Å².